The number of aliphatic carboxylic acids is 1. The quantitative estimate of drug-likeness (QED) is 0.851. The molecule has 82 valence electrons. The van der Waals surface area contributed by atoms with Gasteiger partial charge in [-0.15, -0.1) is 0 Å². The van der Waals surface area contributed by atoms with E-state index in [0.29, 0.717) is 0 Å². The second-order valence-corrected chi connectivity index (χ2v) is 5.20. The van der Waals surface area contributed by atoms with E-state index in [-0.39, 0.29) is 0 Å². The fourth-order valence-electron chi connectivity index (χ4n) is 2.44. The molecule has 0 unspecified atom stereocenters. The first kappa shape index (κ1) is 10.7. The number of rotatable bonds is 4. The van der Waals surface area contributed by atoms with Crippen LogP contribution in [0.2, 0.25) is 0 Å². The summed E-state index contributed by atoms with van der Waals surface area (Å²) in [5.74, 6) is -0.588. The van der Waals surface area contributed by atoms with E-state index in [0.717, 1.165) is 38.5 Å². The van der Waals surface area contributed by atoms with Crippen LogP contribution in [-0.4, -0.2) is 11.1 Å². The predicted molar refractivity (Wildman–Crippen MR) is 61.2 cm³/mol. The molecular weight excluding hydrogens is 208 g/mol. The van der Waals surface area contributed by atoms with Crippen molar-refractivity contribution in [1.29, 1.82) is 0 Å². The summed E-state index contributed by atoms with van der Waals surface area (Å²) in [6.07, 6.45) is 5.61. The highest BCUT2D eigenvalue weighted by Crippen LogP contribution is 2.42. The molecule has 1 N–H and O–H groups in total. The van der Waals surface area contributed by atoms with Crippen LogP contribution in [-0.2, 0) is 11.2 Å². The van der Waals surface area contributed by atoms with Gasteiger partial charge < -0.3 is 5.11 Å². The first-order chi connectivity index (χ1) is 7.23. The molecule has 3 heteroatoms. The van der Waals surface area contributed by atoms with Gasteiger partial charge in [0.05, 0.1) is 5.41 Å². The van der Waals surface area contributed by atoms with Gasteiger partial charge in [-0.3, -0.25) is 4.79 Å². The van der Waals surface area contributed by atoms with Gasteiger partial charge in [-0.25, -0.2) is 0 Å². The van der Waals surface area contributed by atoms with E-state index in [1.807, 2.05) is 0 Å². The van der Waals surface area contributed by atoms with E-state index >= 15 is 0 Å². The number of carboxylic acid groups (broad SMARTS) is 1. The first-order valence-corrected chi connectivity index (χ1v) is 6.42. The molecule has 1 aromatic rings. The maximum absolute atomic E-state index is 11.3. The van der Waals surface area contributed by atoms with Crippen LogP contribution < -0.4 is 0 Å². The van der Waals surface area contributed by atoms with Gasteiger partial charge in [-0.05, 0) is 48.1 Å². The summed E-state index contributed by atoms with van der Waals surface area (Å²) >= 11 is 1.68. The lowest BCUT2D eigenvalue weighted by Gasteiger charge is -2.23. The number of aryl methyl sites for hydroxylation is 1. The number of carbonyl (C=O) groups is 1. The van der Waals surface area contributed by atoms with Crippen molar-refractivity contribution in [3.05, 3.63) is 22.4 Å². The lowest BCUT2D eigenvalue weighted by Crippen LogP contribution is -2.28. The number of carboxylic acids is 1. The van der Waals surface area contributed by atoms with E-state index in [9.17, 15) is 9.90 Å². The van der Waals surface area contributed by atoms with E-state index in [1.54, 1.807) is 11.3 Å². The van der Waals surface area contributed by atoms with Gasteiger partial charge in [0, 0.05) is 0 Å². The Morgan fingerprint density at radius 3 is 2.73 bits per heavy atom. The van der Waals surface area contributed by atoms with E-state index < -0.39 is 11.4 Å². The molecule has 1 aliphatic rings. The highest BCUT2D eigenvalue weighted by molar-refractivity contribution is 7.07. The van der Waals surface area contributed by atoms with Crippen molar-refractivity contribution in [3.63, 3.8) is 0 Å². The standard InChI is InChI=1S/C12H16O2S/c13-11(14)12(5-1-2-6-12)7-3-10-4-8-15-9-10/h4,8-9H,1-3,5-7H2,(H,13,14). The topological polar surface area (TPSA) is 37.3 Å². The SMILES string of the molecule is O=C(O)C1(CCc2ccsc2)CCCC1. The lowest BCUT2D eigenvalue weighted by molar-refractivity contribution is -0.149. The van der Waals surface area contributed by atoms with Crippen molar-refractivity contribution in [2.75, 3.05) is 0 Å². The van der Waals surface area contributed by atoms with Crippen LogP contribution in [0, 0.1) is 5.41 Å². The van der Waals surface area contributed by atoms with Gasteiger partial charge in [-0.2, -0.15) is 11.3 Å². The Morgan fingerprint density at radius 1 is 1.47 bits per heavy atom. The fourth-order valence-corrected chi connectivity index (χ4v) is 3.14. The van der Waals surface area contributed by atoms with Crippen LogP contribution in [0.25, 0.3) is 0 Å². The third-order valence-electron chi connectivity index (χ3n) is 3.49. The molecule has 1 aromatic heterocycles. The normalized spacial score (nSPS) is 19.2. The number of thiophene rings is 1. The van der Waals surface area contributed by atoms with E-state index in [4.69, 9.17) is 0 Å². The van der Waals surface area contributed by atoms with Gasteiger partial charge in [0.2, 0.25) is 0 Å². The summed E-state index contributed by atoms with van der Waals surface area (Å²) in [5.41, 5.74) is 0.870. The van der Waals surface area contributed by atoms with Gasteiger partial charge in [0.1, 0.15) is 0 Å². The molecule has 1 saturated carbocycles. The molecule has 1 heterocycles. The molecular formula is C12H16O2S. The van der Waals surface area contributed by atoms with Crippen molar-refractivity contribution < 1.29 is 9.90 Å². The van der Waals surface area contributed by atoms with Crippen molar-refractivity contribution >= 4 is 17.3 Å². The monoisotopic (exact) mass is 224 g/mol. The van der Waals surface area contributed by atoms with E-state index in [1.165, 1.54) is 5.56 Å². The summed E-state index contributed by atoms with van der Waals surface area (Å²) < 4.78 is 0. The smallest absolute Gasteiger partial charge is 0.309 e. The Bertz CT molecular complexity index is 323. The lowest BCUT2D eigenvalue weighted by atomic mass is 9.81. The Morgan fingerprint density at radius 2 is 2.20 bits per heavy atom. The summed E-state index contributed by atoms with van der Waals surface area (Å²) in [6.45, 7) is 0. The molecule has 0 aromatic carbocycles. The number of hydrogen-bond donors (Lipinski definition) is 1. The maximum Gasteiger partial charge on any atom is 0.309 e. The Balaban J connectivity index is 1.99. The fraction of sp³-hybridized carbons (Fsp3) is 0.583. The summed E-state index contributed by atoms with van der Waals surface area (Å²) in [6, 6.07) is 2.09. The van der Waals surface area contributed by atoms with Crippen LogP contribution >= 0.6 is 11.3 Å². The molecule has 0 saturated heterocycles. The van der Waals surface area contributed by atoms with Crippen LogP contribution in [0.4, 0.5) is 0 Å². The van der Waals surface area contributed by atoms with Crippen molar-refractivity contribution in [2.24, 2.45) is 5.41 Å². The van der Waals surface area contributed by atoms with Crippen LogP contribution in [0.3, 0.4) is 0 Å². The van der Waals surface area contributed by atoms with Crippen LogP contribution in [0.5, 0.6) is 0 Å². The van der Waals surface area contributed by atoms with Crippen molar-refractivity contribution in [3.8, 4) is 0 Å². The van der Waals surface area contributed by atoms with Gasteiger partial charge in [0.25, 0.3) is 0 Å². The minimum atomic E-state index is -0.588. The molecule has 0 aliphatic heterocycles. The molecule has 1 aliphatic carbocycles. The molecule has 0 amide bonds. The number of hydrogen-bond acceptors (Lipinski definition) is 2. The minimum Gasteiger partial charge on any atom is -0.481 e. The molecule has 0 spiro atoms. The second-order valence-electron chi connectivity index (χ2n) is 4.42. The zero-order chi connectivity index (χ0) is 10.7. The van der Waals surface area contributed by atoms with Crippen molar-refractivity contribution in [2.45, 2.75) is 38.5 Å². The zero-order valence-corrected chi connectivity index (χ0v) is 9.55. The highest BCUT2D eigenvalue weighted by Gasteiger charge is 2.40. The predicted octanol–water partition coefficient (Wildman–Crippen LogP) is 3.33. The second kappa shape index (κ2) is 4.35. The molecule has 2 rings (SSSR count). The Labute approximate surface area is 93.9 Å². The van der Waals surface area contributed by atoms with Crippen molar-refractivity contribution in [1.82, 2.24) is 0 Å². The average Bonchev–Trinajstić information content (AvgIpc) is 2.87. The Hall–Kier alpha value is -0.830. The highest BCUT2D eigenvalue weighted by atomic mass is 32.1. The minimum absolute atomic E-state index is 0.415. The third-order valence-corrected chi connectivity index (χ3v) is 4.22. The zero-order valence-electron chi connectivity index (χ0n) is 8.74. The van der Waals surface area contributed by atoms with Crippen LogP contribution in [0.15, 0.2) is 16.8 Å². The third kappa shape index (κ3) is 2.23. The van der Waals surface area contributed by atoms with E-state index in [2.05, 4.69) is 16.8 Å². The summed E-state index contributed by atoms with van der Waals surface area (Å²) in [4.78, 5) is 11.3. The van der Waals surface area contributed by atoms with Gasteiger partial charge >= 0.3 is 5.97 Å². The van der Waals surface area contributed by atoms with Crippen LogP contribution in [0.1, 0.15) is 37.7 Å². The molecule has 15 heavy (non-hydrogen) atoms. The Kier molecular flexibility index (Phi) is 3.10. The van der Waals surface area contributed by atoms with Gasteiger partial charge in [-0.1, -0.05) is 12.8 Å². The maximum atomic E-state index is 11.3. The molecule has 1 fully saturated rings. The largest absolute Gasteiger partial charge is 0.481 e. The first-order valence-electron chi connectivity index (χ1n) is 5.47. The van der Waals surface area contributed by atoms with Gasteiger partial charge in [0.15, 0.2) is 0 Å². The molecule has 0 bridgehead atoms. The molecule has 0 radical (unpaired) electrons. The molecule has 0 atom stereocenters. The summed E-state index contributed by atoms with van der Waals surface area (Å²) in [5, 5.41) is 13.5. The summed E-state index contributed by atoms with van der Waals surface area (Å²) in [7, 11) is 0. The average molecular weight is 224 g/mol. The molecule has 2 nitrogen and oxygen atoms in total.